The van der Waals surface area contributed by atoms with Crippen LogP contribution in [-0.2, 0) is 6.42 Å². The molecule has 2 amide bonds. The van der Waals surface area contributed by atoms with Crippen molar-refractivity contribution in [2.45, 2.75) is 25.3 Å². The van der Waals surface area contributed by atoms with Crippen LogP contribution < -0.4 is 10.6 Å². The molecule has 8 heteroatoms. The van der Waals surface area contributed by atoms with E-state index in [0.717, 1.165) is 30.6 Å². The third kappa shape index (κ3) is 2.85. The maximum absolute atomic E-state index is 12.2. The van der Waals surface area contributed by atoms with Gasteiger partial charge >= 0.3 is 6.03 Å². The Labute approximate surface area is 137 Å². The average molecular weight is 324 g/mol. The molecule has 0 aromatic carbocycles. The number of aromatic nitrogens is 4. The molecule has 1 aliphatic carbocycles. The van der Waals surface area contributed by atoms with Crippen LogP contribution in [0.1, 0.15) is 30.2 Å². The number of furan rings is 1. The lowest BCUT2D eigenvalue weighted by molar-refractivity contribution is 0.246. The van der Waals surface area contributed by atoms with E-state index in [1.807, 2.05) is 6.07 Å². The molecule has 1 atom stereocenters. The first-order valence-electron chi connectivity index (χ1n) is 7.75. The second kappa shape index (κ2) is 6.15. The first kappa shape index (κ1) is 14.4. The predicted octanol–water partition coefficient (Wildman–Crippen LogP) is 2.45. The molecule has 0 fully saturated rings. The van der Waals surface area contributed by atoms with E-state index < -0.39 is 0 Å². The summed E-state index contributed by atoms with van der Waals surface area (Å²) in [6.07, 6.45) is 11.0. The van der Waals surface area contributed by atoms with Crippen molar-refractivity contribution in [3.8, 4) is 5.95 Å². The zero-order valence-electron chi connectivity index (χ0n) is 12.8. The van der Waals surface area contributed by atoms with Crippen molar-refractivity contribution >= 4 is 11.7 Å². The minimum Gasteiger partial charge on any atom is -0.469 e. The number of carbonyl (C=O) groups excluding carboxylic acids is 1. The van der Waals surface area contributed by atoms with Crippen LogP contribution >= 0.6 is 0 Å². The summed E-state index contributed by atoms with van der Waals surface area (Å²) in [5, 5.41) is 9.91. The maximum Gasteiger partial charge on any atom is 0.319 e. The van der Waals surface area contributed by atoms with Gasteiger partial charge in [0.25, 0.3) is 0 Å². The highest BCUT2D eigenvalue weighted by Gasteiger charge is 2.24. The Morgan fingerprint density at radius 2 is 2.21 bits per heavy atom. The molecule has 0 bridgehead atoms. The van der Waals surface area contributed by atoms with E-state index in [0.29, 0.717) is 11.6 Å². The van der Waals surface area contributed by atoms with E-state index in [1.54, 1.807) is 37.1 Å². The van der Waals surface area contributed by atoms with E-state index >= 15 is 0 Å². The largest absolute Gasteiger partial charge is 0.469 e. The Balaban J connectivity index is 1.42. The number of nitrogens with zero attached hydrogens (tertiary/aromatic N) is 4. The first-order chi connectivity index (χ1) is 11.8. The van der Waals surface area contributed by atoms with Crippen LogP contribution in [0.25, 0.3) is 5.95 Å². The Bertz CT molecular complexity index is 841. The highest BCUT2D eigenvalue weighted by Crippen LogP contribution is 2.30. The number of urea groups is 1. The van der Waals surface area contributed by atoms with E-state index in [2.05, 4.69) is 25.7 Å². The molecule has 0 aliphatic heterocycles. The van der Waals surface area contributed by atoms with Crippen molar-refractivity contribution in [2.24, 2.45) is 0 Å². The van der Waals surface area contributed by atoms with Crippen molar-refractivity contribution < 1.29 is 9.21 Å². The lowest BCUT2D eigenvalue weighted by Gasteiger charge is -2.22. The van der Waals surface area contributed by atoms with Gasteiger partial charge in [-0.15, -0.1) is 0 Å². The van der Waals surface area contributed by atoms with Gasteiger partial charge in [0.1, 0.15) is 5.76 Å². The quantitative estimate of drug-likeness (QED) is 0.771. The van der Waals surface area contributed by atoms with Crippen LogP contribution in [0.3, 0.4) is 0 Å². The summed E-state index contributed by atoms with van der Waals surface area (Å²) in [6, 6.07) is 3.35. The maximum atomic E-state index is 12.2. The second-order valence-corrected chi connectivity index (χ2v) is 5.56. The molecule has 4 rings (SSSR count). The zero-order chi connectivity index (χ0) is 16.4. The van der Waals surface area contributed by atoms with E-state index in [-0.39, 0.29) is 12.1 Å². The number of rotatable bonds is 3. The molecule has 3 aromatic rings. The van der Waals surface area contributed by atoms with Crippen LogP contribution in [-0.4, -0.2) is 25.8 Å². The van der Waals surface area contributed by atoms with Gasteiger partial charge in [0, 0.05) is 24.4 Å². The van der Waals surface area contributed by atoms with Gasteiger partial charge in [0.2, 0.25) is 5.95 Å². The van der Waals surface area contributed by atoms with Gasteiger partial charge in [-0.3, -0.25) is 0 Å². The van der Waals surface area contributed by atoms with Gasteiger partial charge in [-0.25, -0.2) is 19.4 Å². The summed E-state index contributed by atoms with van der Waals surface area (Å²) in [5.41, 5.74) is 1.63. The molecule has 2 N–H and O–H groups in total. The smallest absolute Gasteiger partial charge is 0.319 e. The summed E-state index contributed by atoms with van der Waals surface area (Å²) in [5.74, 6) is 1.40. The number of fused-ring (bicyclic) bond motifs is 1. The normalized spacial score (nSPS) is 16.4. The van der Waals surface area contributed by atoms with Crippen molar-refractivity contribution in [3.05, 3.63) is 54.5 Å². The summed E-state index contributed by atoms with van der Waals surface area (Å²) in [4.78, 5) is 20.4. The first-order valence-corrected chi connectivity index (χ1v) is 7.75. The molecule has 122 valence electrons. The second-order valence-electron chi connectivity index (χ2n) is 5.56. The van der Waals surface area contributed by atoms with E-state index in [1.165, 1.54) is 4.68 Å². The fraction of sp³-hybridized carbons (Fsp3) is 0.250. The molecule has 0 saturated carbocycles. The highest BCUT2D eigenvalue weighted by molar-refractivity contribution is 5.89. The molecular weight excluding hydrogens is 308 g/mol. The molecule has 3 heterocycles. The molecule has 1 unspecified atom stereocenters. The Hall–Kier alpha value is -3.16. The Kier molecular flexibility index (Phi) is 3.70. The number of aryl methyl sites for hydroxylation is 1. The van der Waals surface area contributed by atoms with Crippen LogP contribution in [0.15, 0.2) is 47.6 Å². The van der Waals surface area contributed by atoms with Crippen molar-refractivity contribution in [3.63, 3.8) is 0 Å². The predicted molar refractivity (Wildman–Crippen MR) is 85.7 cm³/mol. The molecule has 0 spiro atoms. The monoisotopic (exact) mass is 324 g/mol. The molecule has 8 nitrogen and oxygen atoms in total. The fourth-order valence-electron chi connectivity index (χ4n) is 2.87. The minimum atomic E-state index is -0.275. The highest BCUT2D eigenvalue weighted by atomic mass is 16.3. The molecule has 0 saturated heterocycles. The van der Waals surface area contributed by atoms with Crippen molar-refractivity contribution in [1.82, 2.24) is 25.1 Å². The van der Waals surface area contributed by atoms with Crippen molar-refractivity contribution in [1.29, 1.82) is 0 Å². The number of amides is 2. The SMILES string of the molecule is O=C(Nc1cnn(-c2ncccn2)c1)NC1CCCc2occc21. The van der Waals surface area contributed by atoms with Crippen molar-refractivity contribution in [2.75, 3.05) is 5.32 Å². The molecular formula is C16H16N6O2. The van der Waals surface area contributed by atoms with Gasteiger partial charge < -0.3 is 15.1 Å². The fourth-order valence-corrected chi connectivity index (χ4v) is 2.87. The third-order valence-corrected chi connectivity index (χ3v) is 3.95. The number of carbonyl (C=O) groups is 1. The van der Waals surface area contributed by atoms with Gasteiger partial charge in [0.05, 0.1) is 30.4 Å². The molecule has 3 aromatic heterocycles. The summed E-state index contributed by atoms with van der Waals surface area (Å²) in [6.45, 7) is 0. The van der Waals surface area contributed by atoms with Crippen LogP contribution in [0.2, 0.25) is 0 Å². The van der Waals surface area contributed by atoms with Gasteiger partial charge in [0.15, 0.2) is 0 Å². The number of hydrogen-bond donors (Lipinski definition) is 2. The lowest BCUT2D eigenvalue weighted by atomic mass is 9.93. The zero-order valence-corrected chi connectivity index (χ0v) is 12.8. The Morgan fingerprint density at radius 3 is 3.08 bits per heavy atom. The Morgan fingerprint density at radius 1 is 1.33 bits per heavy atom. The van der Waals surface area contributed by atoms with Crippen LogP contribution in [0.4, 0.5) is 10.5 Å². The topological polar surface area (TPSA) is 97.9 Å². The standard InChI is InChI=1S/C16H16N6O2/c23-16(21-13-3-1-4-14-12(13)5-8-24-14)20-11-9-19-22(10-11)15-17-6-2-7-18-15/h2,5-10,13H,1,3-4H2,(H2,20,21,23). The third-order valence-electron chi connectivity index (χ3n) is 3.95. The molecule has 1 aliphatic rings. The van der Waals surface area contributed by atoms with E-state index in [4.69, 9.17) is 4.42 Å². The number of nitrogens with one attached hydrogen (secondary N) is 2. The molecule has 24 heavy (non-hydrogen) atoms. The minimum absolute atomic E-state index is 0.0278. The lowest BCUT2D eigenvalue weighted by Crippen LogP contribution is -2.33. The van der Waals surface area contributed by atoms with Gasteiger partial charge in [-0.2, -0.15) is 5.10 Å². The molecule has 0 radical (unpaired) electrons. The van der Waals surface area contributed by atoms with Gasteiger partial charge in [-0.05, 0) is 25.0 Å². The van der Waals surface area contributed by atoms with E-state index in [9.17, 15) is 4.79 Å². The summed E-state index contributed by atoms with van der Waals surface area (Å²) in [7, 11) is 0. The van der Waals surface area contributed by atoms with Crippen LogP contribution in [0.5, 0.6) is 0 Å². The van der Waals surface area contributed by atoms with Crippen LogP contribution in [0, 0.1) is 0 Å². The van der Waals surface area contributed by atoms with Gasteiger partial charge in [-0.1, -0.05) is 0 Å². The summed E-state index contributed by atoms with van der Waals surface area (Å²) < 4.78 is 6.94. The average Bonchev–Trinajstić information content (AvgIpc) is 3.25. The summed E-state index contributed by atoms with van der Waals surface area (Å²) >= 11 is 0. The number of anilines is 1. The number of hydrogen-bond acceptors (Lipinski definition) is 5.